The Hall–Kier alpha value is -2.10. The molecular weight excluding hydrogens is 231 g/mol. The van der Waals surface area contributed by atoms with E-state index in [0.29, 0.717) is 17.7 Å². The first-order valence-corrected chi connectivity index (χ1v) is 5.58. The Morgan fingerprint density at radius 3 is 2.17 bits per heavy atom. The number of halogens is 1. The van der Waals surface area contributed by atoms with Gasteiger partial charge in [-0.25, -0.2) is 14.4 Å². The molecule has 0 bridgehead atoms. The molecule has 1 heterocycles. The predicted molar refractivity (Wildman–Crippen MR) is 65.9 cm³/mol. The van der Waals surface area contributed by atoms with Gasteiger partial charge in [-0.1, -0.05) is 12.1 Å². The van der Waals surface area contributed by atoms with Gasteiger partial charge in [0.2, 0.25) is 0 Å². The van der Waals surface area contributed by atoms with Crippen molar-refractivity contribution in [3.05, 3.63) is 59.4 Å². The number of benzene rings is 1. The van der Waals surface area contributed by atoms with Gasteiger partial charge in [0.15, 0.2) is 6.29 Å². The molecular formula is C14H13FN2O. The summed E-state index contributed by atoms with van der Waals surface area (Å²) in [5.41, 5.74) is 0.922. The molecule has 0 aliphatic heterocycles. The minimum absolute atomic E-state index is 0.272. The third kappa shape index (κ3) is 2.27. The Bertz CT molecular complexity index is 547. The first-order chi connectivity index (χ1) is 8.54. The van der Waals surface area contributed by atoms with Gasteiger partial charge in [-0.15, -0.1) is 0 Å². The molecule has 1 aromatic carbocycles. The maximum atomic E-state index is 12.9. The summed E-state index contributed by atoms with van der Waals surface area (Å²) in [6.07, 6.45) is 3.68. The SMILES string of the molecule is CC(C)(c1ccc(F)cc1)c1ncc(C=O)cn1. The van der Waals surface area contributed by atoms with Crippen LogP contribution >= 0.6 is 0 Å². The maximum Gasteiger partial charge on any atom is 0.153 e. The van der Waals surface area contributed by atoms with Crippen LogP contribution in [-0.4, -0.2) is 16.3 Å². The fourth-order valence-corrected chi connectivity index (χ4v) is 1.72. The Balaban J connectivity index is 2.39. The average molecular weight is 244 g/mol. The molecule has 0 saturated carbocycles. The van der Waals surface area contributed by atoms with E-state index in [4.69, 9.17) is 0 Å². The summed E-state index contributed by atoms with van der Waals surface area (Å²) < 4.78 is 12.9. The molecule has 1 aromatic heterocycles. The smallest absolute Gasteiger partial charge is 0.153 e. The number of carbonyl (C=O) groups is 1. The van der Waals surface area contributed by atoms with Crippen LogP contribution in [0.3, 0.4) is 0 Å². The molecule has 0 atom stereocenters. The zero-order valence-corrected chi connectivity index (χ0v) is 10.2. The van der Waals surface area contributed by atoms with Crippen molar-refractivity contribution in [3.63, 3.8) is 0 Å². The standard InChI is InChI=1S/C14H13FN2O/c1-14(2,11-3-5-12(15)6-4-11)13-16-7-10(9-18)8-17-13/h3-9H,1-2H3. The molecule has 0 aliphatic rings. The van der Waals surface area contributed by atoms with Crippen LogP contribution in [0, 0.1) is 5.82 Å². The largest absolute Gasteiger partial charge is 0.298 e. The van der Waals surface area contributed by atoms with Crippen LogP contribution in [0.2, 0.25) is 0 Å². The number of aldehydes is 1. The lowest BCUT2D eigenvalue weighted by Gasteiger charge is -2.23. The van der Waals surface area contributed by atoms with Crippen molar-refractivity contribution in [1.29, 1.82) is 0 Å². The van der Waals surface area contributed by atoms with Crippen LogP contribution < -0.4 is 0 Å². The summed E-state index contributed by atoms with van der Waals surface area (Å²) in [5, 5.41) is 0. The van der Waals surface area contributed by atoms with Gasteiger partial charge in [-0.2, -0.15) is 0 Å². The third-order valence-electron chi connectivity index (χ3n) is 2.93. The predicted octanol–water partition coefficient (Wildman–Crippen LogP) is 2.75. The molecule has 18 heavy (non-hydrogen) atoms. The maximum absolute atomic E-state index is 12.9. The van der Waals surface area contributed by atoms with E-state index in [0.717, 1.165) is 5.56 Å². The number of hydrogen-bond donors (Lipinski definition) is 0. The van der Waals surface area contributed by atoms with Crippen LogP contribution in [0.4, 0.5) is 4.39 Å². The zero-order valence-electron chi connectivity index (χ0n) is 10.2. The first-order valence-electron chi connectivity index (χ1n) is 5.58. The van der Waals surface area contributed by atoms with Crippen molar-refractivity contribution in [1.82, 2.24) is 9.97 Å². The van der Waals surface area contributed by atoms with E-state index in [1.807, 2.05) is 13.8 Å². The van der Waals surface area contributed by atoms with Crippen LogP contribution in [-0.2, 0) is 5.41 Å². The van der Waals surface area contributed by atoms with Gasteiger partial charge in [0.05, 0.1) is 5.56 Å². The number of aromatic nitrogens is 2. The molecule has 4 heteroatoms. The highest BCUT2D eigenvalue weighted by molar-refractivity contribution is 5.73. The lowest BCUT2D eigenvalue weighted by atomic mass is 9.84. The minimum Gasteiger partial charge on any atom is -0.298 e. The van der Waals surface area contributed by atoms with Gasteiger partial charge in [0, 0.05) is 17.8 Å². The van der Waals surface area contributed by atoms with Crippen LogP contribution in [0.1, 0.15) is 35.6 Å². The molecule has 2 rings (SSSR count). The summed E-state index contributed by atoms with van der Waals surface area (Å²) in [5.74, 6) is 0.325. The topological polar surface area (TPSA) is 42.9 Å². The summed E-state index contributed by atoms with van der Waals surface area (Å²) in [7, 11) is 0. The van der Waals surface area contributed by atoms with Crippen molar-refractivity contribution >= 4 is 6.29 Å². The Morgan fingerprint density at radius 2 is 1.67 bits per heavy atom. The molecule has 92 valence electrons. The number of rotatable bonds is 3. The molecule has 0 radical (unpaired) electrons. The van der Waals surface area contributed by atoms with Gasteiger partial charge in [0.1, 0.15) is 11.6 Å². The van der Waals surface area contributed by atoms with Crippen LogP contribution in [0.5, 0.6) is 0 Å². The second kappa shape index (κ2) is 4.64. The van der Waals surface area contributed by atoms with Crippen molar-refractivity contribution in [2.24, 2.45) is 0 Å². The van der Waals surface area contributed by atoms with Crippen molar-refractivity contribution in [3.8, 4) is 0 Å². The van der Waals surface area contributed by atoms with Gasteiger partial charge in [-0.05, 0) is 31.5 Å². The third-order valence-corrected chi connectivity index (χ3v) is 2.93. The monoisotopic (exact) mass is 244 g/mol. The normalized spacial score (nSPS) is 11.3. The van der Waals surface area contributed by atoms with Gasteiger partial charge < -0.3 is 0 Å². The van der Waals surface area contributed by atoms with E-state index < -0.39 is 5.41 Å². The van der Waals surface area contributed by atoms with E-state index in [1.54, 1.807) is 12.1 Å². The van der Waals surface area contributed by atoms with Crippen molar-refractivity contribution < 1.29 is 9.18 Å². The van der Waals surface area contributed by atoms with E-state index in [9.17, 15) is 9.18 Å². The Morgan fingerprint density at radius 1 is 1.11 bits per heavy atom. The summed E-state index contributed by atoms with van der Waals surface area (Å²) in [6.45, 7) is 3.91. The van der Waals surface area contributed by atoms with Gasteiger partial charge in [-0.3, -0.25) is 4.79 Å². The highest BCUT2D eigenvalue weighted by Crippen LogP contribution is 2.28. The highest BCUT2D eigenvalue weighted by Gasteiger charge is 2.26. The molecule has 3 nitrogen and oxygen atoms in total. The summed E-state index contributed by atoms with van der Waals surface area (Å²) in [4.78, 5) is 18.9. The highest BCUT2D eigenvalue weighted by atomic mass is 19.1. The fraction of sp³-hybridized carbons (Fsp3) is 0.214. The Labute approximate surface area is 105 Å². The van der Waals surface area contributed by atoms with Crippen molar-refractivity contribution in [2.45, 2.75) is 19.3 Å². The lowest BCUT2D eigenvalue weighted by Crippen LogP contribution is -2.22. The Kier molecular flexibility index (Phi) is 3.19. The van der Waals surface area contributed by atoms with Crippen LogP contribution in [0.15, 0.2) is 36.7 Å². The fourth-order valence-electron chi connectivity index (χ4n) is 1.72. The molecule has 0 aliphatic carbocycles. The molecule has 0 amide bonds. The van der Waals surface area contributed by atoms with Gasteiger partial charge in [0.25, 0.3) is 0 Å². The lowest BCUT2D eigenvalue weighted by molar-refractivity contribution is 0.112. The van der Waals surface area contributed by atoms with Crippen molar-refractivity contribution in [2.75, 3.05) is 0 Å². The number of nitrogens with zero attached hydrogens (tertiary/aromatic N) is 2. The molecule has 0 fully saturated rings. The van der Waals surface area contributed by atoms with Gasteiger partial charge >= 0.3 is 0 Å². The second-order valence-corrected chi connectivity index (χ2v) is 4.59. The number of carbonyl (C=O) groups excluding carboxylic acids is 1. The molecule has 2 aromatic rings. The average Bonchev–Trinajstić information content (AvgIpc) is 2.39. The molecule has 0 saturated heterocycles. The van der Waals surface area contributed by atoms with E-state index >= 15 is 0 Å². The van der Waals surface area contributed by atoms with E-state index in [2.05, 4.69) is 9.97 Å². The second-order valence-electron chi connectivity index (χ2n) is 4.59. The number of hydrogen-bond acceptors (Lipinski definition) is 3. The first kappa shape index (κ1) is 12.4. The zero-order chi connectivity index (χ0) is 13.2. The molecule has 0 N–H and O–H groups in total. The minimum atomic E-state index is -0.435. The molecule has 0 spiro atoms. The quantitative estimate of drug-likeness (QED) is 0.780. The van der Waals surface area contributed by atoms with E-state index in [1.165, 1.54) is 24.5 Å². The summed E-state index contributed by atoms with van der Waals surface area (Å²) in [6, 6.07) is 6.26. The van der Waals surface area contributed by atoms with Crippen LogP contribution in [0.25, 0.3) is 0 Å². The molecule has 0 unspecified atom stereocenters. The van der Waals surface area contributed by atoms with E-state index in [-0.39, 0.29) is 5.82 Å². The summed E-state index contributed by atoms with van der Waals surface area (Å²) >= 11 is 0.